The van der Waals surface area contributed by atoms with Crippen LogP contribution in [0.2, 0.25) is 0 Å². The second-order valence-electron chi connectivity index (χ2n) is 6.50. The number of benzene rings is 1. The van der Waals surface area contributed by atoms with Gasteiger partial charge in [-0.15, -0.1) is 0 Å². The smallest absolute Gasteiger partial charge is 0.340 e. The number of halogens is 1. The number of ether oxygens (including phenoxy) is 3. The second-order valence-corrected chi connectivity index (χ2v) is 6.50. The monoisotopic (exact) mass is 363 g/mol. The van der Waals surface area contributed by atoms with Crippen LogP contribution in [-0.2, 0) is 25.4 Å². The Kier molecular flexibility index (Phi) is 5.44. The summed E-state index contributed by atoms with van der Waals surface area (Å²) in [4.78, 5) is 26.0. The SMILES string of the molecule is COC(=O)c1cc(CC2CCN(C(=O)C3=C(C)OCCO3)C2)ccc1F. The fraction of sp³-hybridized carbons (Fsp3) is 0.474. The molecule has 1 saturated heterocycles. The van der Waals surface area contributed by atoms with Crippen LogP contribution in [0.15, 0.2) is 29.7 Å². The van der Waals surface area contributed by atoms with Crippen LogP contribution in [0.1, 0.15) is 29.3 Å². The van der Waals surface area contributed by atoms with Gasteiger partial charge < -0.3 is 19.1 Å². The first-order valence-corrected chi connectivity index (χ1v) is 8.62. The van der Waals surface area contributed by atoms with Gasteiger partial charge in [-0.25, -0.2) is 9.18 Å². The molecule has 1 atom stereocenters. The van der Waals surface area contributed by atoms with Crippen LogP contribution in [0.25, 0.3) is 0 Å². The molecule has 0 saturated carbocycles. The number of allylic oxidation sites excluding steroid dienone is 1. The first-order chi connectivity index (χ1) is 12.5. The highest BCUT2D eigenvalue weighted by molar-refractivity contribution is 5.92. The van der Waals surface area contributed by atoms with Crippen molar-refractivity contribution in [3.8, 4) is 0 Å². The topological polar surface area (TPSA) is 65.1 Å². The Bertz CT molecular complexity index is 745. The standard InChI is InChI=1S/C19H22FNO5/c1-12-17(26-8-7-25-12)18(22)21-6-5-14(11-21)9-13-3-4-16(20)15(10-13)19(23)24-2/h3-4,10,14H,5-9,11H2,1-2H3. The minimum absolute atomic E-state index is 0.0653. The minimum Gasteiger partial charge on any atom is -0.491 e. The van der Waals surface area contributed by atoms with Gasteiger partial charge in [0.1, 0.15) is 24.8 Å². The molecule has 0 bridgehead atoms. The van der Waals surface area contributed by atoms with Crippen molar-refractivity contribution in [3.05, 3.63) is 46.7 Å². The number of likely N-dealkylation sites (tertiary alicyclic amines) is 1. The van der Waals surface area contributed by atoms with Crippen LogP contribution in [0.4, 0.5) is 4.39 Å². The first-order valence-electron chi connectivity index (χ1n) is 8.62. The van der Waals surface area contributed by atoms with Gasteiger partial charge in [0.25, 0.3) is 5.91 Å². The van der Waals surface area contributed by atoms with E-state index < -0.39 is 11.8 Å². The highest BCUT2D eigenvalue weighted by atomic mass is 19.1. The van der Waals surface area contributed by atoms with Gasteiger partial charge in [-0.1, -0.05) is 6.07 Å². The van der Waals surface area contributed by atoms with E-state index in [2.05, 4.69) is 4.74 Å². The number of carbonyl (C=O) groups excluding carboxylic acids is 2. The predicted octanol–water partition coefficient (Wildman–Crippen LogP) is 2.28. The summed E-state index contributed by atoms with van der Waals surface area (Å²) in [5.41, 5.74) is 0.781. The third kappa shape index (κ3) is 3.81. The van der Waals surface area contributed by atoms with Crippen LogP contribution in [0, 0.1) is 11.7 Å². The molecule has 2 aliphatic heterocycles. The Morgan fingerprint density at radius 2 is 2.08 bits per heavy atom. The van der Waals surface area contributed by atoms with Crippen molar-refractivity contribution in [1.29, 1.82) is 0 Å². The zero-order valence-electron chi connectivity index (χ0n) is 14.9. The van der Waals surface area contributed by atoms with Crippen molar-refractivity contribution in [2.45, 2.75) is 19.8 Å². The molecule has 0 spiro atoms. The predicted molar refractivity (Wildman–Crippen MR) is 90.7 cm³/mol. The summed E-state index contributed by atoms with van der Waals surface area (Å²) < 4.78 is 29.2. The highest BCUT2D eigenvalue weighted by Gasteiger charge is 2.31. The molecule has 1 aromatic carbocycles. The van der Waals surface area contributed by atoms with Crippen LogP contribution in [0.3, 0.4) is 0 Å². The Balaban J connectivity index is 1.65. The fourth-order valence-electron chi connectivity index (χ4n) is 3.34. The molecule has 140 valence electrons. The Morgan fingerprint density at radius 3 is 2.81 bits per heavy atom. The van der Waals surface area contributed by atoms with Crippen molar-refractivity contribution in [1.82, 2.24) is 4.90 Å². The molecule has 3 rings (SSSR count). The molecule has 1 amide bonds. The van der Waals surface area contributed by atoms with Crippen LogP contribution < -0.4 is 0 Å². The van der Waals surface area contributed by atoms with Crippen LogP contribution in [-0.4, -0.2) is 50.2 Å². The van der Waals surface area contributed by atoms with E-state index in [9.17, 15) is 14.0 Å². The summed E-state index contributed by atoms with van der Waals surface area (Å²) in [5.74, 6) is -0.401. The maximum atomic E-state index is 13.7. The molecule has 1 unspecified atom stereocenters. The average molecular weight is 363 g/mol. The number of nitrogens with zero attached hydrogens (tertiary/aromatic N) is 1. The van der Waals surface area contributed by atoms with Gasteiger partial charge >= 0.3 is 5.97 Å². The van der Waals surface area contributed by atoms with Gasteiger partial charge in [-0.2, -0.15) is 0 Å². The molecule has 0 aliphatic carbocycles. The van der Waals surface area contributed by atoms with Crippen molar-refractivity contribution < 1.29 is 28.2 Å². The van der Waals surface area contributed by atoms with E-state index in [1.807, 2.05) is 0 Å². The molecule has 26 heavy (non-hydrogen) atoms. The summed E-state index contributed by atoms with van der Waals surface area (Å²) >= 11 is 0. The number of esters is 1. The quantitative estimate of drug-likeness (QED) is 0.768. The summed E-state index contributed by atoms with van der Waals surface area (Å²) in [5, 5.41) is 0. The number of hydrogen-bond acceptors (Lipinski definition) is 5. The van der Waals surface area contributed by atoms with Crippen molar-refractivity contribution in [2.24, 2.45) is 5.92 Å². The lowest BCUT2D eigenvalue weighted by Crippen LogP contribution is -2.33. The van der Waals surface area contributed by atoms with Gasteiger partial charge in [0.05, 0.1) is 12.7 Å². The van der Waals surface area contributed by atoms with E-state index in [4.69, 9.17) is 9.47 Å². The molecule has 1 fully saturated rings. The molecule has 2 heterocycles. The zero-order valence-corrected chi connectivity index (χ0v) is 14.9. The maximum Gasteiger partial charge on any atom is 0.340 e. The number of amides is 1. The molecule has 0 N–H and O–H groups in total. The van der Waals surface area contributed by atoms with E-state index in [0.717, 1.165) is 12.0 Å². The number of rotatable bonds is 4. The molecule has 0 aromatic heterocycles. The van der Waals surface area contributed by atoms with Crippen LogP contribution in [0.5, 0.6) is 0 Å². The second kappa shape index (κ2) is 7.76. The summed E-state index contributed by atoms with van der Waals surface area (Å²) in [6, 6.07) is 4.47. The lowest BCUT2D eigenvalue weighted by Gasteiger charge is -2.23. The third-order valence-electron chi connectivity index (χ3n) is 4.70. The van der Waals surface area contributed by atoms with E-state index in [1.165, 1.54) is 19.2 Å². The van der Waals surface area contributed by atoms with E-state index in [1.54, 1.807) is 17.9 Å². The van der Waals surface area contributed by atoms with Crippen LogP contribution >= 0.6 is 0 Å². The van der Waals surface area contributed by atoms with Gasteiger partial charge in [0, 0.05) is 13.1 Å². The fourth-order valence-corrected chi connectivity index (χ4v) is 3.34. The lowest BCUT2D eigenvalue weighted by molar-refractivity contribution is -0.131. The Hall–Kier alpha value is -2.57. The van der Waals surface area contributed by atoms with Gasteiger partial charge in [0.2, 0.25) is 5.76 Å². The summed E-state index contributed by atoms with van der Waals surface area (Å²) in [6.45, 7) is 3.78. The molecule has 7 heteroatoms. The molecule has 6 nitrogen and oxygen atoms in total. The first kappa shape index (κ1) is 18.2. The van der Waals surface area contributed by atoms with E-state index >= 15 is 0 Å². The van der Waals surface area contributed by atoms with Crippen molar-refractivity contribution >= 4 is 11.9 Å². The Labute approximate surface area is 151 Å². The van der Waals surface area contributed by atoms with Gasteiger partial charge in [-0.05, 0) is 43.4 Å². The normalized spacial score (nSPS) is 19.8. The largest absolute Gasteiger partial charge is 0.491 e. The van der Waals surface area contributed by atoms with Crippen molar-refractivity contribution in [3.63, 3.8) is 0 Å². The minimum atomic E-state index is -0.690. The van der Waals surface area contributed by atoms with E-state index in [-0.39, 0.29) is 23.1 Å². The van der Waals surface area contributed by atoms with Crippen molar-refractivity contribution in [2.75, 3.05) is 33.4 Å². The average Bonchev–Trinajstić information content (AvgIpc) is 3.11. The third-order valence-corrected chi connectivity index (χ3v) is 4.70. The zero-order chi connectivity index (χ0) is 18.7. The number of hydrogen-bond donors (Lipinski definition) is 0. The maximum absolute atomic E-state index is 13.7. The molecular weight excluding hydrogens is 341 g/mol. The highest BCUT2D eigenvalue weighted by Crippen LogP contribution is 2.25. The van der Waals surface area contributed by atoms with E-state index in [0.29, 0.717) is 38.5 Å². The molecular formula is C19H22FNO5. The molecule has 2 aliphatic rings. The summed E-state index contributed by atoms with van der Waals surface area (Å²) in [7, 11) is 1.22. The summed E-state index contributed by atoms with van der Waals surface area (Å²) in [6.07, 6.45) is 1.49. The lowest BCUT2D eigenvalue weighted by atomic mass is 9.97. The number of carbonyl (C=O) groups is 2. The molecule has 1 aromatic rings. The number of methoxy groups -OCH3 is 1. The van der Waals surface area contributed by atoms with Gasteiger partial charge in [-0.3, -0.25) is 4.79 Å². The molecule has 0 radical (unpaired) electrons. The Morgan fingerprint density at radius 1 is 1.31 bits per heavy atom. The van der Waals surface area contributed by atoms with Gasteiger partial charge in [0.15, 0.2) is 0 Å².